The summed E-state index contributed by atoms with van der Waals surface area (Å²) in [5.41, 5.74) is 1.89. The Kier molecular flexibility index (Phi) is 3.44. The van der Waals surface area contributed by atoms with Crippen molar-refractivity contribution in [2.75, 3.05) is 7.11 Å². The standard InChI is InChI=1S/C13H16N2O2/c1-15-12(7-8-14-15)13(16)9-10-3-5-11(17-2)6-4-10/h3-8,13,16H,9H2,1-2H3. The Hall–Kier alpha value is -1.81. The predicted molar refractivity (Wildman–Crippen MR) is 64.9 cm³/mol. The number of hydrogen-bond donors (Lipinski definition) is 1. The molecule has 1 heterocycles. The van der Waals surface area contributed by atoms with Crippen LogP contribution in [0.2, 0.25) is 0 Å². The first-order valence-electron chi connectivity index (χ1n) is 5.49. The lowest BCUT2D eigenvalue weighted by molar-refractivity contribution is 0.168. The fourth-order valence-corrected chi connectivity index (χ4v) is 1.80. The quantitative estimate of drug-likeness (QED) is 0.872. The Labute approximate surface area is 100 Å². The second-order valence-electron chi connectivity index (χ2n) is 3.95. The van der Waals surface area contributed by atoms with Crippen molar-refractivity contribution < 1.29 is 9.84 Å². The SMILES string of the molecule is COc1ccc(CC(O)c2ccnn2C)cc1. The van der Waals surface area contributed by atoms with Gasteiger partial charge in [-0.3, -0.25) is 4.68 Å². The fourth-order valence-electron chi connectivity index (χ4n) is 1.80. The molecule has 1 aromatic carbocycles. The molecular weight excluding hydrogens is 216 g/mol. The molecular formula is C13H16N2O2. The van der Waals surface area contributed by atoms with Crippen LogP contribution in [0.15, 0.2) is 36.5 Å². The monoisotopic (exact) mass is 232 g/mol. The van der Waals surface area contributed by atoms with E-state index in [4.69, 9.17) is 4.74 Å². The number of benzene rings is 1. The lowest BCUT2D eigenvalue weighted by Gasteiger charge is -2.11. The van der Waals surface area contributed by atoms with E-state index in [9.17, 15) is 5.11 Å². The van der Waals surface area contributed by atoms with Gasteiger partial charge >= 0.3 is 0 Å². The highest BCUT2D eigenvalue weighted by Gasteiger charge is 2.11. The smallest absolute Gasteiger partial charge is 0.118 e. The van der Waals surface area contributed by atoms with Gasteiger partial charge in [0.2, 0.25) is 0 Å². The van der Waals surface area contributed by atoms with E-state index in [1.54, 1.807) is 18.0 Å². The Morgan fingerprint density at radius 2 is 2.00 bits per heavy atom. The van der Waals surface area contributed by atoms with Gasteiger partial charge in [0, 0.05) is 19.7 Å². The van der Waals surface area contributed by atoms with Gasteiger partial charge in [-0.1, -0.05) is 12.1 Å². The predicted octanol–water partition coefficient (Wildman–Crippen LogP) is 1.70. The largest absolute Gasteiger partial charge is 0.497 e. The minimum absolute atomic E-state index is 0.532. The van der Waals surface area contributed by atoms with Crippen LogP contribution >= 0.6 is 0 Å². The number of aryl methyl sites for hydroxylation is 1. The third-order valence-electron chi connectivity index (χ3n) is 2.79. The molecule has 0 aliphatic rings. The second kappa shape index (κ2) is 5.01. The summed E-state index contributed by atoms with van der Waals surface area (Å²) in [5, 5.41) is 14.1. The number of rotatable bonds is 4. The highest BCUT2D eigenvalue weighted by Crippen LogP contribution is 2.19. The molecule has 1 unspecified atom stereocenters. The molecule has 1 N–H and O–H groups in total. The Balaban J connectivity index is 2.07. The van der Waals surface area contributed by atoms with Crippen molar-refractivity contribution in [1.29, 1.82) is 0 Å². The summed E-state index contributed by atoms with van der Waals surface area (Å²) in [6, 6.07) is 9.53. The molecule has 0 saturated heterocycles. The molecule has 0 aliphatic carbocycles. The first kappa shape index (κ1) is 11.7. The number of aromatic nitrogens is 2. The van der Waals surface area contributed by atoms with Crippen LogP contribution in [-0.4, -0.2) is 22.0 Å². The van der Waals surface area contributed by atoms with Gasteiger partial charge < -0.3 is 9.84 Å². The van der Waals surface area contributed by atoms with E-state index in [1.165, 1.54) is 0 Å². The summed E-state index contributed by atoms with van der Waals surface area (Å²) in [7, 11) is 3.46. The van der Waals surface area contributed by atoms with Crippen LogP contribution in [-0.2, 0) is 13.5 Å². The van der Waals surface area contributed by atoms with E-state index < -0.39 is 6.10 Å². The van der Waals surface area contributed by atoms with Crippen LogP contribution in [0.3, 0.4) is 0 Å². The summed E-state index contributed by atoms with van der Waals surface area (Å²) in [6.45, 7) is 0. The topological polar surface area (TPSA) is 47.3 Å². The third-order valence-corrected chi connectivity index (χ3v) is 2.79. The Bertz CT molecular complexity index is 476. The molecule has 17 heavy (non-hydrogen) atoms. The molecule has 4 heteroatoms. The first-order chi connectivity index (χ1) is 8.20. The molecule has 0 saturated carbocycles. The van der Waals surface area contributed by atoms with E-state index in [0.717, 1.165) is 17.0 Å². The van der Waals surface area contributed by atoms with Crippen molar-refractivity contribution in [1.82, 2.24) is 9.78 Å². The van der Waals surface area contributed by atoms with Crippen molar-refractivity contribution in [3.05, 3.63) is 47.8 Å². The van der Waals surface area contributed by atoms with E-state index in [-0.39, 0.29) is 0 Å². The van der Waals surface area contributed by atoms with Crippen LogP contribution in [0.1, 0.15) is 17.4 Å². The van der Waals surface area contributed by atoms with Gasteiger partial charge in [0.05, 0.1) is 18.9 Å². The molecule has 2 rings (SSSR count). The van der Waals surface area contributed by atoms with Gasteiger partial charge in [-0.15, -0.1) is 0 Å². The van der Waals surface area contributed by atoms with Gasteiger partial charge in [-0.2, -0.15) is 5.10 Å². The average Bonchev–Trinajstić information content (AvgIpc) is 2.76. The van der Waals surface area contributed by atoms with Crippen molar-refractivity contribution >= 4 is 0 Å². The van der Waals surface area contributed by atoms with Crippen LogP contribution in [0, 0.1) is 0 Å². The zero-order chi connectivity index (χ0) is 12.3. The number of hydrogen-bond acceptors (Lipinski definition) is 3. The number of aliphatic hydroxyl groups excluding tert-OH is 1. The van der Waals surface area contributed by atoms with E-state index in [1.807, 2.05) is 37.4 Å². The highest BCUT2D eigenvalue weighted by molar-refractivity contribution is 5.28. The average molecular weight is 232 g/mol. The van der Waals surface area contributed by atoms with Gasteiger partial charge in [0.1, 0.15) is 5.75 Å². The molecule has 90 valence electrons. The van der Waals surface area contributed by atoms with Crippen molar-refractivity contribution in [2.45, 2.75) is 12.5 Å². The maximum absolute atomic E-state index is 10.1. The Morgan fingerprint density at radius 3 is 2.53 bits per heavy atom. The number of nitrogens with zero attached hydrogens (tertiary/aromatic N) is 2. The molecule has 1 atom stereocenters. The summed E-state index contributed by atoms with van der Waals surface area (Å²) in [6.07, 6.45) is 1.73. The molecule has 4 nitrogen and oxygen atoms in total. The van der Waals surface area contributed by atoms with Gasteiger partial charge in [0.25, 0.3) is 0 Å². The van der Waals surface area contributed by atoms with E-state index >= 15 is 0 Å². The highest BCUT2D eigenvalue weighted by atomic mass is 16.5. The minimum atomic E-state index is -0.532. The summed E-state index contributed by atoms with van der Waals surface area (Å²) >= 11 is 0. The van der Waals surface area contributed by atoms with Crippen LogP contribution in [0.25, 0.3) is 0 Å². The molecule has 0 spiro atoms. The zero-order valence-corrected chi connectivity index (χ0v) is 10.00. The van der Waals surface area contributed by atoms with Crippen molar-refractivity contribution in [3.63, 3.8) is 0 Å². The number of methoxy groups -OCH3 is 1. The van der Waals surface area contributed by atoms with E-state index in [2.05, 4.69) is 5.10 Å². The molecule has 1 aromatic heterocycles. The molecule has 2 aromatic rings. The number of aliphatic hydroxyl groups is 1. The summed E-state index contributed by atoms with van der Waals surface area (Å²) in [5.74, 6) is 0.823. The third kappa shape index (κ3) is 2.65. The lowest BCUT2D eigenvalue weighted by atomic mass is 10.1. The van der Waals surface area contributed by atoms with Crippen molar-refractivity contribution in [3.8, 4) is 5.75 Å². The molecule has 0 amide bonds. The molecule has 0 aliphatic heterocycles. The molecule has 0 radical (unpaired) electrons. The minimum Gasteiger partial charge on any atom is -0.497 e. The summed E-state index contributed by atoms with van der Waals surface area (Å²) in [4.78, 5) is 0. The molecule has 0 fully saturated rings. The van der Waals surface area contributed by atoms with Gasteiger partial charge in [-0.05, 0) is 23.8 Å². The number of ether oxygens (including phenoxy) is 1. The normalized spacial score (nSPS) is 12.4. The van der Waals surface area contributed by atoms with Gasteiger partial charge in [-0.25, -0.2) is 0 Å². The van der Waals surface area contributed by atoms with Crippen LogP contribution in [0.4, 0.5) is 0 Å². The maximum Gasteiger partial charge on any atom is 0.118 e. The van der Waals surface area contributed by atoms with Crippen LogP contribution < -0.4 is 4.74 Å². The van der Waals surface area contributed by atoms with Crippen LogP contribution in [0.5, 0.6) is 5.75 Å². The summed E-state index contributed by atoms with van der Waals surface area (Å²) < 4.78 is 6.78. The van der Waals surface area contributed by atoms with Gasteiger partial charge in [0.15, 0.2) is 0 Å². The first-order valence-corrected chi connectivity index (χ1v) is 5.49. The second-order valence-corrected chi connectivity index (χ2v) is 3.95. The maximum atomic E-state index is 10.1. The van der Waals surface area contributed by atoms with Crippen molar-refractivity contribution in [2.24, 2.45) is 7.05 Å². The lowest BCUT2D eigenvalue weighted by Crippen LogP contribution is -2.07. The fraction of sp³-hybridized carbons (Fsp3) is 0.308. The zero-order valence-electron chi connectivity index (χ0n) is 10.00. The Morgan fingerprint density at radius 1 is 1.29 bits per heavy atom. The molecule has 0 bridgehead atoms. The van der Waals surface area contributed by atoms with E-state index in [0.29, 0.717) is 6.42 Å².